The van der Waals surface area contributed by atoms with Gasteiger partial charge in [0.1, 0.15) is 0 Å². The van der Waals surface area contributed by atoms with E-state index in [1.165, 1.54) is 30.4 Å². The van der Waals surface area contributed by atoms with Gasteiger partial charge in [-0.05, 0) is 44.6 Å². The van der Waals surface area contributed by atoms with Gasteiger partial charge in [-0.25, -0.2) is 0 Å². The molecule has 1 aromatic rings. The first-order valence-corrected chi connectivity index (χ1v) is 9.26. The molecule has 3 nitrogen and oxygen atoms in total. The van der Waals surface area contributed by atoms with E-state index >= 15 is 0 Å². The molecule has 1 aromatic carbocycles. The summed E-state index contributed by atoms with van der Waals surface area (Å²) in [5, 5.41) is 3.27. The lowest BCUT2D eigenvalue weighted by molar-refractivity contribution is -0.122. The molecule has 0 aromatic heterocycles. The number of nitrogens with one attached hydrogen (secondary N) is 1. The lowest BCUT2D eigenvalue weighted by atomic mass is 9.81. The predicted molar refractivity (Wildman–Crippen MR) is 94.2 cm³/mol. The molecule has 0 spiro atoms. The second-order valence-corrected chi connectivity index (χ2v) is 7.38. The molecule has 3 rings (SSSR count). The van der Waals surface area contributed by atoms with Crippen LogP contribution in [0.4, 0.5) is 0 Å². The van der Waals surface area contributed by atoms with E-state index in [4.69, 9.17) is 0 Å². The van der Waals surface area contributed by atoms with Crippen molar-refractivity contribution in [3.05, 3.63) is 35.4 Å². The maximum atomic E-state index is 11.9. The highest BCUT2D eigenvalue weighted by Crippen LogP contribution is 2.35. The quantitative estimate of drug-likeness (QED) is 0.896. The number of rotatable bonds is 5. The monoisotopic (exact) mass is 314 g/mol. The molecule has 2 bridgehead atoms. The van der Waals surface area contributed by atoms with Crippen LogP contribution in [-0.2, 0) is 11.3 Å². The SMILES string of the molecule is CCCC(=O)NC1C[C@@H]2CCC[C@@H](C1)N2Cc1ccc(C)cc1. The zero-order valence-corrected chi connectivity index (χ0v) is 14.6. The average Bonchev–Trinajstić information content (AvgIpc) is 2.50. The second kappa shape index (κ2) is 7.48. The topological polar surface area (TPSA) is 32.3 Å². The minimum absolute atomic E-state index is 0.238. The van der Waals surface area contributed by atoms with Crippen LogP contribution in [-0.4, -0.2) is 28.9 Å². The number of hydrogen-bond acceptors (Lipinski definition) is 2. The van der Waals surface area contributed by atoms with Gasteiger partial charge in [-0.3, -0.25) is 9.69 Å². The van der Waals surface area contributed by atoms with Gasteiger partial charge in [0.2, 0.25) is 5.91 Å². The summed E-state index contributed by atoms with van der Waals surface area (Å²) in [5.41, 5.74) is 2.74. The number of fused-ring (bicyclic) bond motifs is 2. The summed E-state index contributed by atoms with van der Waals surface area (Å²) in [6.45, 7) is 5.27. The summed E-state index contributed by atoms with van der Waals surface area (Å²) in [6.07, 6.45) is 7.75. The van der Waals surface area contributed by atoms with Crippen molar-refractivity contribution >= 4 is 5.91 Å². The number of nitrogens with zero attached hydrogens (tertiary/aromatic N) is 1. The van der Waals surface area contributed by atoms with Gasteiger partial charge in [-0.1, -0.05) is 43.2 Å². The summed E-state index contributed by atoms with van der Waals surface area (Å²) in [7, 11) is 0. The zero-order chi connectivity index (χ0) is 16.2. The fourth-order valence-electron chi connectivity index (χ4n) is 4.29. The number of hydrogen-bond donors (Lipinski definition) is 1. The van der Waals surface area contributed by atoms with Crippen LogP contribution in [0.2, 0.25) is 0 Å². The van der Waals surface area contributed by atoms with E-state index in [1.54, 1.807) is 0 Å². The Bertz CT molecular complexity index is 511. The zero-order valence-electron chi connectivity index (χ0n) is 14.6. The predicted octanol–water partition coefficient (Wildman–Crippen LogP) is 3.80. The molecule has 0 aliphatic carbocycles. The first-order chi connectivity index (χ1) is 11.2. The smallest absolute Gasteiger partial charge is 0.220 e. The van der Waals surface area contributed by atoms with Crippen molar-refractivity contribution in [1.82, 2.24) is 10.2 Å². The summed E-state index contributed by atoms with van der Waals surface area (Å²) in [6, 6.07) is 10.6. The molecule has 0 unspecified atom stereocenters. The molecule has 1 amide bonds. The number of amides is 1. The summed E-state index contributed by atoms with van der Waals surface area (Å²) in [5.74, 6) is 0.238. The minimum Gasteiger partial charge on any atom is -0.353 e. The molecule has 0 radical (unpaired) electrons. The molecule has 23 heavy (non-hydrogen) atoms. The molecule has 2 atom stereocenters. The third-order valence-corrected chi connectivity index (χ3v) is 5.45. The average molecular weight is 314 g/mol. The fraction of sp³-hybridized carbons (Fsp3) is 0.650. The van der Waals surface area contributed by atoms with Crippen LogP contribution in [0.1, 0.15) is 63.0 Å². The third-order valence-electron chi connectivity index (χ3n) is 5.45. The van der Waals surface area contributed by atoms with E-state index in [9.17, 15) is 4.79 Å². The van der Waals surface area contributed by atoms with E-state index < -0.39 is 0 Å². The number of aryl methyl sites for hydroxylation is 1. The van der Waals surface area contributed by atoms with Crippen molar-refractivity contribution in [3.8, 4) is 0 Å². The van der Waals surface area contributed by atoms with Crippen LogP contribution >= 0.6 is 0 Å². The van der Waals surface area contributed by atoms with Crippen molar-refractivity contribution in [2.24, 2.45) is 0 Å². The molecule has 2 aliphatic rings. The van der Waals surface area contributed by atoms with Gasteiger partial charge in [-0.15, -0.1) is 0 Å². The molecule has 3 heteroatoms. The molecule has 126 valence electrons. The van der Waals surface area contributed by atoms with Crippen LogP contribution in [0, 0.1) is 6.92 Å². The van der Waals surface area contributed by atoms with Gasteiger partial charge < -0.3 is 5.32 Å². The van der Waals surface area contributed by atoms with Crippen LogP contribution < -0.4 is 5.32 Å². The van der Waals surface area contributed by atoms with Gasteiger partial charge >= 0.3 is 0 Å². The standard InChI is InChI=1S/C20H30N2O/c1-3-5-20(23)21-17-12-18-6-4-7-19(13-17)22(18)14-16-10-8-15(2)9-11-16/h8-11,17-19H,3-7,12-14H2,1-2H3,(H,21,23)/t18-,19-/m0/s1. The van der Waals surface area contributed by atoms with E-state index in [-0.39, 0.29) is 5.91 Å². The number of piperidine rings is 2. The molecule has 1 N–H and O–H groups in total. The van der Waals surface area contributed by atoms with Crippen LogP contribution in [0.15, 0.2) is 24.3 Å². The Hall–Kier alpha value is -1.35. The molecular formula is C20H30N2O. The van der Waals surface area contributed by atoms with Crippen molar-refractivity contribution in [2.75, 3.05) is 0 Å². The summed E-state index contributed by atoms with van der Waals surface area (Å²) in [4.78, 5) is 14.6. The number of carbonyl (C=O) groups excluding carboxylic acids is 1. The van der Waals surface area contributed by atoms with Crippen LogP contribution in [0.25, 0.3) is 0 Å². The van der Waals surface area contributed by atoms with E-state index in [2.05, 4.69) is 48.3 Å². The molecular weight excluding hydrogens is 284 g/mol. The highest BCUT2D eigenvalue weighted by Gasteiger charge is 2.38. The van der Waals surface area contributed by atoms with E-state index in [0.29, 0.717) is 24.5 Å². The first-order valence-electron chi connectivity index (χ1n) is 9.26. The lowest BCUT2D eigenvalue weighted by Crippen LogP contribution is -2.56. The van der Waals surface area contributed by atoms with E-state index in [1.807, 2.05) is 0 Å². The Kier molecular flexibility index (Phi) is 5.37. The number of benzene rings is 1. The summed E-state index contributed by atoms with van der Waals surface area (Å²) < 4.78 is 0. The Morgan fingerprint density at radius 1 is 1.17 bits per heavy atom. The van der Waals surface area contributed by atoms with E-state index in [0.717, 1.165) is 25.8 Å². The van der Waals surface area contributed by atoms with Crippen molar-refractivity contribution in [2.45, 2.75) is 83.5 Å². The molecule has 2 fully saturated rings. The van der Waals surface area contributed by atoms with Gasteiger partial charge in [0, 0.05) is 31.1 Å². The Labute approximate surface area is 140 Å². The summed E-state index contributed by atoms with van der Waals surface area (Å²) >= 11 is 0. The second-order valence-electron chi connectivity index (χ2n) is 7.38. The van der Waals surface area contributed by atoms with Gasteiger partial charge in [0.25, 0.3) is 0 Å². The van der Waals surface area contributed by atoms with Crippen molar-refractivity contribution < 1.29 is 4.79 Å². The minimum atomic E-state index is 0.238. The normalized spacial score (nSPS) is 27.7. The lowest BCUT2D eigenvalue weighted by Gasteiger charge is -2.49. The van der Waals surface area contributed by atoms with Gasteiger partial charge in [-0.2, -0.15) is 0 Å². The van der Waals surface area contributed by atoms with Gasteiger partial charge in [0.05, 0.1) is 0 Å². The van der Waals surface area contributed by atoms with Crippen molar-refractivity contribution in [1.29, 1.82) is 0 Å². The fourth-order valence-corrected chi connectivity index (χ4v) is 4.29. The molecule has 2 aliphatic heterocycles. The first kappa shape index (κ1) is 16.5. The molecule has 2 heterocycles. The molecule has 0 saturated carbocycles. The van der Waals surface area contributed by atoms with Crippen molar-refractivity contribution in [3.63, 3.8) is 0 Å². The maximum Gasteiger partial charge on any atom is 0.220 e. The van der Waals surface area contributed by atoms with Crippen LogP contribution in [0.5, 0.6) is 0 Å². The highest BCUT2D eigenvalue weighted by atomic mass is 16.1. The Morgan fingerprint density at radius 2 is 1.83 bits per heavy atom. The molecule has 2 saturated heterocycles. The maximum absolute atomic E-state index is 11.9. The van der Waals surface area contributed by atoms with Gasteiger partial charge in [0.15, 0.2) is 0 Å². The Balaban J connectivity index is 1.62. The highest BCUT2D eigenvalue weighted by molar-refractivity contribution is 5.76. The largest absolute Gasteiger partial charge is 0.353 e. The third kappa shape index (κ3) is 4.14. The number of carbonyl (C=O) groups is 1. The Morgan fingerprint density at radius 3 is 2.43 bits per heavy atom. The van der Waals surface area contributed by atoms with Crippen LogP contribution in [0.3, 0.4) is 0 Å².